The largest absolute Gasteiger partial charge is 0.383 e. The number of benzene rings is 1. The number of para-hydroxylation sites is 1. The summed E-state index contributed by atoms with van der Waals surface area (Å²) in [7, 11) is 0. The average Bonchev–Trinajstić information content (AvgIpc) is 2.68. The topological polar surface area (TPSA) is 53.1 Å². The van der Waals surface area contributed by atoms with Gasteiger partial charge < -0.3 is 10.5 Å². The Morgan fingerprint density at radius 2 is 2.18 bits per heavy atom. The number of hydrogen-bond donors (Lipinski definition) is 1. The van der Waals surface area contributed by atoms with Crippen molar-refractivity contribution in [2.75, 3.05) is 12.3 Å². The van der Waals surface area contributed by atoms with Gasteiger partial charge in [0.1, 0.15) is 5.82 Å². The van der Waals surface area contributed by atoms with Crippen LogP contribution >= 0.6 is 15.9 Å². The van der Waals surface area contributed by atoms with E-state index >= 15 is 0 Å². The molecule has 0 aliphatic carbocycles. The third-order valence-corrected chi connectivity index (χ3v) is 3.59. The molecule has 4 nitrogen and oxygen atoms in total. The smallest absolute Gasteiger partial charge is 0.130 e. The Kier molecular flexibility index (Phi) is 2.64. The molecule has 0 amide bonds. The van der Waals surface area contributed by atoms with Gasteiger partial charge in [0, 0.05) is 16.5 Å². The molecule has 0 saturated heterocycles. The van der Waals surface area contributed by atoms with Crippen LogP contribution < -0.4 is 5.73 Å². The maximum Gasteiger partial charge on any atom is 0.130 e. The van der Waals surface area contributed by atoms with Crippen molar-refractivity contribution >= 4 is 21.7 Å². The van der Waals surface area contributed by atoms with E-state index < -0.39 is 0 Å². The fourth-order valence-electron chi connectivity index (χ4n) is 2.05. The fourth-order valence-corrected chi connectivity index (χ4v) is 2.50. The molecular weight excluding hydrogens is 282 g/mol. The number of nitrogens with two attached hydrogens (primary N) is 1. The third-order valence-electron chi connectivity index (χ3n) is 2.92. The van der Waals surface area contributed by atoms with E-state index in [1.807, 2.05) is 24.3 Å². The molecule has 17 heavy (non-hydrogen) atoms. The minimum absolute atomic E-state index is 0.553. The van der Waals surface area contributed by atoms with Crippen LogP contribution in [-0.2, 0) is 17.8 Å². The highest BCUT2D eigenvalue weighted by molar-refractivity contribution is 9.10. The van der Waals surface area contributed by atoms with E-state index in [4.69, 9.17) is 10.5 Å². The predicted octanol–water partition coefficient (Wildman–Crippen LogP) is 2.29. The number of halogens is 1. The molecule has 88 valence electrons. The first-order valence-corrected chi connectivity index (χ1v) is 6.25. The number of nitrogen functional groups attached to an aromatic ring is 1. The van der Waals surface area contributed by atoms with Gasteiger partial charge >= 0.3 is 0 Å². The Hall–Kier alpha value is -1.33. The van der Waals surface area contributed by atoms with E-state index in [-0.39, 0.29) is 0 Å². The lowest BCUT2D eigenvalue weighted by molar-refractivity contribution is 0.108. The van der Waals surface area contributed by atoms with E-state index in [1.54, 1.807) is 4.68 Å². The number of ether oxygens (including phenoxy) is 1. The maximum absolute atomic E-state index is 6.15. The highest BCUT2D eigenvalue weighted by atomic mass is 79.9. The number of anilines is 1. The molecule has 1 aromatic carbocycles. The Morgan fingerprint density at radius 1 is 1.35 bits per heavy atom. The van der Waals surface area contributed by atoms with Gasteiger partial charge in [0.25, 0.3) is 0 Å². The van der Waals surface area contributed by atoms with Crippen LogP contribution in [0.5, 0.6) is 0 Å². The van der Waals surface area contributed by atoms with Crippen LogP contribution in [0.4, 0.5) is 5.82 Å². The number of aromatic nitrogens is 2. The maximum atomic E-state index is 6.15. The van der Waals surface area contributed by atoms with Crippen molar-refractivity contribution in [3.8, 4) is 5.69 Å². The first-order valence-electron chi connectivity index (χ1n) is 5.46. The van der Waals surface area contributed by atoms with Crippen LogP contribution in [0.2, 0.25) is 0 Å². The fraction of sp³-hybridized carbons (Fsp3) is 0.250. The zero-order valence-corrected chi connectivity index (χ0v) is 10.8. The Morgan fingerprint density at radius 3 is 2.94 bits per heavy atom. The molecule has 1 aliphatic heterocycles. The summed E-state index contributed by atoms with van der Waals surface area (Å²) in [5, 5.41) is 4.52. The molecule has 0 atom stereocenters. The molecule has 0 spiro atoms. The normalized spacial score (nSPS) is 14.6. The number of rotatable bonds is 1. The summed E-state index contributed by atoms with van der Waals surface area (Å²) >= 11 is 3.51. The Balaban J connectivity index is 2.16. The molecule has 0 radical (unpaired) electrons. The van der Waals surface area contributed by atoms with E-state index in [2.05, 4.69) is 21.0 Å². The highest BCUT2D eigenvalue weighted by Crippen LogP contribution is 2.28. The minimum atomic E-state index is 0.553. The second kappa shape index (κ2) is 4.16. The monoisotopic (exact) mass is 293 g/mol. The SMILES string of the molecule is Nc1c2c(nn1-c1ccccc1Br)COCC2. The van der Waals surface area contributed by atoms with Gasteiger partial charge in [0.05, 0.1) is 24.6 Å². The predicted molar refractivity (Wildman–Crippen MR) is 69.0 cm³/mol. The molecule has 2 aromatic rings. The van der Waals surface area contributed by atoms with Gasteiger partial charge in [-0.1, -0.05) is 12.1 Å². The standard InChI is InChI=1S/C12H12BrN3O/c13-9-3-1-2-4-11(9)16-12(14)8-5-6-17-7-10(8)15-16/h1-4H,5-7,14H2. The van der Waals surface area contributed by atoms with Gasteiger partial charge in [0.15, 0.2) is 0 Å². The quantitative estimate of drug-likeness (QED) is 0.878. The minimum Gasteiger partial charge on any atom is -0.383 e. The van der Waals surface area contributed by atoms with Gasteiger partial charge in [-0.2, -0.15) is 5.10 Å². The van der Waals surface area contributed by atoms with Crippen molar-refractivity contribution in [2.45, 2.75) is 13.0 Å². The second-order valence-electron chi connectivity index (χ2n) is 3.98. The van der Waals surface area contributed by atoms with Gasteiger partial charge in [-0.15, -0.1) is 0 Å². The summed E-state index contributed by atoms with van der Waals surface area (Å²) in [5.41, 5.74) is 9.17. The van der Waals surface area contributed by atoms with E-state index in [0.29, 0.717) is 6.61 Å². The highest BCUT2D eigenvalue weighted by Gasteiger charge is 2.20. The van der Waals surface area contributed by atoms with Crippen LogP contribution in [0.15, 0.2) is 28.7 Å². The molecule has 2 N–H and O–H groups in total. The zero-order valence-electron chi connectivity index (χ0n) is 9.19. The van der Waals surface area contributed by atoms with Gasteiger partial charge in [0.2, 0.25) is 0 Å². The molecule has 1 aromatic heterocycles. The molecule has 1 aliphatic rings. The number of hydrogen-bond acceptors (Lipinski definition) is 3. The van der Waals surface area contributed by atoms with Crippen molar-refractivity contribution in [2.24, 2.45) is 0 Å². The summed E-state index contributed by atoms with van der Waals surface area (Å²) in [4.78, 5) is 0. The molecule has 3 rings (SSSR count). The lowest BCUT2D eigenvalue weighted by atomic mass is 10.1. The molecule has 0 unspecified atom stereocenters. The lowest BCUT2D eigenvalue weighted by Crippen LogP contribution is -2.09. The molecule has 0 fully saturated rings. The van der Waals surface area contributed by atoms with Gasteiger partial charge in [-0.05, 0) is 28.1 Å². The van der Waals surface area contributed by atoms with E-state index in [9.17, 15) is 0 Å². The second-order valence-corrected chi connectivity index (χ2v) is 4.83. The van der Waals surface area contributed by atoms with Crippen molar-refractivity contribution < 1.29 is 4.74 Å². The van der Waals surface area contributed by atoms with Crippen LogP contribution in [0.3, 0.4) is 0 Å². The Labute approximate surface area is 108 Å². The summed E-state index contributed by atoms with van der Waals surface area (Å²) in [6, 6.07) is 7.90. The summed E-state index contributed by atoms with van der Waals surface area (Å²) < 4.78 is 8.15. The molecule has 2 heterocycles. The third kappa shape index (κ3) is 1.75. The first kappa shape index (κ1) is 10.8. The van der Waals surface area contributed by atoms with Crippen molar-refractivity contribution in [3.63, 3.8) is 0 Å². The lowest BCUT2D eigenvalue weighted by Gasteiger charge is -2.10. The van der Waals surface area contributed by atoms with E-state index in [1.165, 1.54) is 0 Å². The Bertz CT molecular complexity index is 565. The van der Waals surface area contributed by atoms with Gasteiger partial charge in [-0.3, -0.25) is 0 Å². The summed E-state index contributed by atoms with van der Waals surface area (Å²) in [6.45, 7) is 1.27. The number of nitrogens with zero attached hydrogens (tertiary/aromatic N) is 2. The van der Waals surface area contributed by atoms with Crippen LogP contribution in [0, 0.1) is 0 Å². The molecule has 5 heteroatoms. The first-order chi connectivity index (χ1) is 8.27. The zero-order chi connectivity index (χ0) is 11.8. The van der Waals surface area contributed by atoms with Crippen LogP contribution in [0.25, 0.3) is 5.69 Å². The van der Waals surface area contributed by atoms with Crippen molar-refractivity contribution in [3.05, 3.63) is 40.0 Å². The van der Waals surface area contributed by atoms with E-state index in [0.717, 1.165) is 40.3 Å². The van der Waals surface area contributed by atoms with Crippen molar-refractivity contribution in [1.82, 2.24) is 9.78 Å². The molecular formula is C12H12BrN3O. The average molecular weight is 294 g/mol. The van der Waals surface area contributed by atoms with Crippen molar-refractivity contribution in [1.29, 1.82) is 0 Å². The summed E-state index contributed by atoms with van der Waals surface area (Å²) in [5.74, 6) is 0.718. The van der Waals surface area contributed by atoms with Gasteiger partial charge in [-0.25, -0.2) is 4.68 Å². The molecule has 0 bridgehead atoms. The summed E-state index contributed by atoms with van der Waals surface area (Å²) in [6.07, 6.45) is 0.839. The van der Waals surface area contributed by atoms with Crippen LogP contribution in [-0.4, -0.2) is 16.4 Å². The number of fused-ring (bicyclic) bond motifs is 1. The van der Waals surface area contributed by atoms with Crippen LogP contribution in [0.1, 0.15) is 11.3 Å². The molecule has 0 saturated carbocycles.